The van der Waals surface area contributed by atoms with Crippen LogP contribution in [-0.4, -0.2) is 31.9 Å². The molecule has 2 aromatic rings. The van der Waals surface area contributed by atoms with Crippen LogP contribution >= 0.6 is 11.3 Å². The van der Waals surface area contributed by atoms with Gasteiger partial charge in [0, 0.05) is 0 Å². The number of benzene rings is 1. The molecule has 0 unspecified atom stereocenters. The molecule has 1 aliphatic heterocycles. The van der Waals surface area contributed by atoms with E-state index in [9.17, 15) is 0 Å². The van der Waals surface area contributed by atoms with E-state index in [0.717, 1.165) is 21.0 Å². The first-order valence-electron chi connectivity index (χ1n) is 5.50. The van der Waals surface area contributed by atoms with Crippen LogP contribution in [0.5, 0.6) is 5.75 Å². The molecule has 0 spiro atoms. The average Bonchev–Trinajstić information content (AvgIpc) is 2.82. The monoisotopic (exact) mass is 251 g/mol. The third-order valence-corrected chi connectivity index (χ3v) is 3.81. The van der Waals surface area contributed by atoms with E-state index in [1.54, 1.807) is 18.4 Å². The second-order valence-electron chi connectivity index (χ2n) is 3.82. The van der Waals surface area contributed by atoms with Crippen molar-refractivity contribution in [3.63, 3.8) is 0 Å². The van der Waals surface area contributed by atoms with Crippen LogP contribution in [0, 0.1) is 0 Å². The maximum atomic E-state index is 5.64. The van der Waals surface area contributed by atoms with Gasteiger partial charge in [0.15, 0.2) is 0 Å². The lowest BCUT2D eigenvalue weighted by Gasteiger charge is -2.20. The van der Waals surface area contributed by atoms with Crippen LogP contribution in [0.15, 0.2) is 18.2 Å². The molecule has 1 aliphatic rings. The third kappa shape index (κ3) is 2.13. The van der Waals surface area contributed by atoms with E-state index in [-0.39, 0.29) is 6.10 Å². The summed E-state index contributed by atoms with van der Waals surface area (Å²) in [6.07, 6.45) is -0.0212. The normalized spacial score (nSPS) is 20.6. The molecular formula is C12H13NO3S. The van der Waals surface area contributed by atoms with Gasteiger partial charge in [0.05, 0.1) is 37.1 Å². The van der Waals surface area contributed by atoms with Crippen molar-refractivity contribution in [3.8, 4) is 5.75 Å². The van der Waals surface area contributed by atoms with E-state index < -0.39 is 0 Å². The second kappa shape index (κ2) is 4.60. The van der Waals surface area contributed by atoms with Gasteiger partial charge in [-0.2, -0.15) is 0 Å². The number of methoxy groups -OCH3 is 1. The van der Waals surface area contributed by atoms with Gasteiger partial charge in [-0.1, -0.05) is 0 Å². The molecule has 1 atom stereocenters. The zero-order valence-electron chi connectivity index (χ0n) is 9.51. The lowest BCUT2D eigenvalue weighted by Crippen LogP contribution is -2.21. The Morgan fingerprint density at radius 2 is 2.35 bits per heavy atom. The minimum atomic E-state index is -0.0212. The van der Waals surface area contributed by atoms with Gasteiger partial charge in [0.1, 0.15) is 16.9 Å². The Labute approximate surface area is 103 Å². The van der Waals surface area contributed by atoms with Crippen LogP contribution in [-0.2, 0) is 9.47 Å². The van der Waals surface area contributed by atoms with Crippen LogP contribution in [0.25, 0.3) is 10.2 Å². The van der Waals surface area contributed by atoms with Crippen LogP contribution in [0.3, 0.4) is 0 Å². The Kier molecular flexibility index (Phi) is 2.96. The van der Waals surface area contributed by atoms with Crippen LogP contribution < -0.4 is 4.74 Å². The van der Waals surface area contributed by atoms with Crippen LogP contribution in [0.1, 0.15) is 11.1 Å². The van der Waals surface area contributed by atoms with E-state index >= 15 is 0 Å². The first-order valence-corrected chi connectivity index (χ1v) is 6.32. The van der Waals surface area contributed by atoms with Crippen molar-refractivity contribution < 1.29 is 14.2 Å². The maximum Gasteiger partial charge on any atom is 0.132 e. The van der Waals surface area contributed by atoms with E-state index in [1.807, 2.05) is 18.2 Å². The summed E-state index contributed by atoms with van der Waals surface area (Å²) >= 11 is 1.64. The average molecular weight is 251 g/mol. The lowest BCUT2D eigenvalue weighted by molar-refractivity contribution is -0.0901. The molecule has 0 saturated carbocycles. The number of hydrogen-bond acceptors (Lipinski definition) is 5. The van der Waals surface area contributed by atoms with Gasteiger partial charge in [0.25, 0.3) is 0 Å². The van der Waals surface area contributed by atoms with Gasteiger partial charge in [-0.15, -0.1) is 11.3 Å². The molecule has 0 bridgehead atoms. The van der Waals surface area contributed by atoms with Gasteiger partial charge >= 0.3 is 0 Å². The third-order valence-electron chi connectivity index (χ3n) is 2.70. The molecule has 0 N–H and O–H groups in total. The number of nitrogens with zero attached hydrogens (tertiary/aromatic N) is 1. The van der Waals surface area contributed by atoms with Gasteiger partial charge in [-0.05, 0) is 18.2 Å². The van der Waals surface area contributed by atoms with E-state index in [4.69, 9.17) is 14.2 Å². The number of rotatable bonds is 2. The van der Waals surface area contributed by atoms with Crippen molar-refractivity contribution in [1.29, 1.82) is 0 Å². The van der Waals surface area contributed by atoms with Crippen molar-refractivity contribution >= 4 is 21.6 Å². The van der Waals surface area contributed by atoms with E-state index in [2.05, 4.69) is 4.98 Å². The summed E-state index contributed by atoms with van der Waals surface area (Å²) < 4.78 is 17.4. The molecule has 1 aromatic heterocycles. The van der Waals surface area contributed by atoms with Gasteiger partial charge < -0.3 is 14.2 Å². The van der Waals surface area contributed by atoms with Crippen molar-refractivity contribution in [3.05, 3.63) is 23.2 Å². The summed E-state index contributed by atoms with van der Waals surface area (Å²) in [5, 5.41) is 0.980. The smallest absolute Gasteiger partial charge is 0.132 e. The molecule has 1 aromatic carbocycles. The molecule has 4 nitrogen and oxygen atoms in total. The number of fused-ring (bicyclic) bond motifs is 1. The fraction of sp³-hybridized carbons (Fsp3) is 0.417. The van der Waals surface area contributed by atoms with Crippen molar-refractivity contribution in [2.24, 2.45) is 0 Å². The first-order chi connectivity index (χ1) is 8.36. The Morgan fingerprint density at radius 3 is 3.12 bits per heavy atom. The summed E-state index contributed by atoms with van der Waals surface area (Å²) in [4.78, 5) is 4.57. The first kappa shape index (κ1) is 11.0. The van der Waals surface area contributed by atoms with Gasteiger partial charge in [-0.3, -0.25) is 0 Å². The molecule has 3 rings (SSSR count). The summed E-state index contributed by atoms with van der Waals surface area (Å²) in [5.74, 6) is 0.855. The predicted octanol–water partition coefficient (Wildman–Crippen LogP) is 2.39. The fourth-order valence-electron chi connectivity index (χ4n) is 1.82. The largest absolute Gasteiger partial charge is 0.497 e. The lowest BCUT2D eigenvalue weighted by atomic mass is 10.3. The molecule has 17 heavy (non-hydrogen) atoms. The topological polar surface area (TPSA) is 40.6 Å². The highest BCUT2D eigenvalue weighted by atomic mass is 32.1. The number of aromatic nitrogens is 1. The van der Waals surface area contributed by atoms with Gasteiger partial charge in [-0.25, -0.2) is 4.98 Å². The Hall–Kier alpha value is -1.17. The van der Waals surface area contributed by atoms with Crippen molar-refractivity contribution in [2.45, 2.75) is 6.10 Å². The minimum absolute atomic E-state index is 0.0212. The van der Waals surface area contributed by atoms with E-state index in [1.165, 1.54) is 0 Å². The molecular weight excluding hydrogens is 238 g/mol. The summed E-state index contributed by atoms with van der Waals surface area (Å²) in [6, 6.07) is 5.89. The minimum Gasteiger partial charge on any atom is -0.497 e. The molecule has 2 heterocycles. The molecule has 90 valence electrons. The number of hydrogen-bond donors (Lipinski definition) is 0. The summed E-state index contributed by atoms with van der Waals surface area (Å²) in [7, 11) is 1.67. The molecule has 0 aliphatic carbocycles. The van der Waals surface area contributed by atoms with Crippen LogP contribution in [0.4, 0.5) is 0 Å². The standard InChI is InChI=1S/C12H13NO3S/c1-14-8-2-3-9-11(6-8)17-12(13-9)10-7-15-4-5-16-10/h2-3,6,10H,4-5,7H2,1H3/t10-/m1/s1. The van der Waals surface area contributed by atoms with E-state index in [0.29, 0.717) is 19.8 Å². The molecule has 5 heteroatoms. The van der Waals surface area contributed by atoms with Gasteiger partial charge in [0.2, 0.25) is 0 Å². The summed E-state index contributed by atoms with van der Waals surface area (Å²) in [5.41, 5.74) is 0.986. The highest BCUT2D eigenvalue weighted by molar-refractivity contribution is 7.18. The Bertz CT molecular complexity index is 519. The Balaban J connectivity index is 1.95. The molecule has 1 fully saturated rings. The zero-order valence-corrected chi connectivity index (χ0v) is 10.3. The Morgan fingerprint density at radius 1 is 1.41 bits per heavy atom. The maximum absolute atomic E-state index is 5.64. The predicted molar refractivity (Wildman–Crippen MR) is 65.7 cm³/mol. The molecule has 1 saturated heterocycles. The fourth-order valence-corrected chi connectivity index (χ4v) is 2.85. The van der Waals surface area contributed by atoms with Crippen molar-refractivity contribution in [2.75, 3.05) is 26.9 Å². The second-order valence-corrected chi connectivity index (χ2v) is 4.88. The van der Waals surface area contributed by atoms with Crippen LogP contribution in [0.2, 0.25) is 0 Å². The number of ether oxygens (including phenoxy) is 3. The highest BCUT2D eigenvalue weighted by Crippen LogP contribution is 2.31. The molecule has 0 amide bonds. The quantitative estimate of drug-likeness (QED) is 0.821. The zero-order chi connectivity index (χ0) is 11.7. The number of thiazole rings is 1. The highest BCUT2D eigenvalue weighted by Gasteiger charge is 2.20. The van der Waals surface area contributed by atoms with Crippen molar-refractivity contribution in [1.82, 2.24) is 4.98 Å². The summed E-state index contributed by atoms with van der Waals surface area (Å²) in [6.45, 7) is 1.91. The SMILES string of the molecule is COc1ccc2nc([C@H]3COCCO3)sc2c1. The molecule has 0 radical (unpaired) electrons.